The molecule has 1 heterocycles. The third-order valence-corrected chi connectivity index (χ3v) is 5.97. The van der Waals surface area contributed by atoms with Crippen molar-refractivity contribution < 1.29 is 22.8 Å². The molecule has 1 atom stereocenters. The van der Waals surface area contributed by atoms with Crippen LogP contribution in [0.25, 0.3) is 0 Å². The first kappa shape index (κ1) is 17.6. The van der Waals surface area contributed by atoms with Crippen molar-refractivity contribution in [2.75, 3.05) is 33.0 Å². The molecule has 1 saturated heterocycles. The average molecular weight is 304 g/mol. The lowest BCUT2D eigenvalue weighted by Crippen LogP contribution is -2.45. The van der Waals surface area contributed by atoms with Gasteiger partial charge in [0.15, 0.2) is 0 Å². The van der Waals surface area contributed by atoms with Gasteiger partial charge in [-0.05, 0) is 39.7 Å². The van der Waals surface area contributed by atoms with Gasteiger partial charge in [0.2, 0.25) is 0 Å². The number of hydrogen-bond acceptors (Lipinski definition) is 5. The lowest BCUT2D eigenvalue weighted by molar-refractivity contribution is 0.0709. The van der Waals surface area contributed by atoms with Crippen LogP contribution < -0.4 is 0 Å². The van der Waals surface area contributed by atoms with Crippen LogP contribution in [0.1, 0.15) is 33.6 Å². The van der Waals surface area contributed by atoms with Crippen LogP contribution in [0.4, 0.5) is 0 Å². The Morgan fingerprint density at radius 1 is 1.10 bits per heavy atom. The van der Waals surface area contributed by atoms with Crippen LogP contribution in [0, 0.1) is 0 Å². The lowest BCUT2D eigenvalue weighted by Gasteiger charge is -2.28. The van der Waals surface area contributed by atoms with E-state index in [1.54, 1.807) is 6.26 Å². The van der Waals surface area contributed by atoms with Crippen LogP contribution in [0.2, 0.25) is 6.04 Å². The first-order valence-corrected chi connectivity index (χ1v) is 9.49. The predicted octanol–water partition coefficient (Wildman–Crippen LogP) is 2.74. The second kappa shape index (κ2) is 10.3. The topological polar surface area (TPSA) is 49.5 Å². The highest BCUT2D eigenvalue weighted by Crippen LogP contribution is 2.19. The van der Waals surface area contributed by atoms with Crippen molar-refractivity contribution in [2.24, 2.45) is 0 Å². The largest absolute Gasteiger partial charge is 0.500 e. The molecule has 1 aliphatic heterocycles. The van der Waals surface area contributed by atoms with E-state index in [9.17, 15) is 0 Å². The van der Waals surface area contributed by atoms with Crippen molar-refractivity contribution in [2.45, 2.75) is 45.8 Å². The molecule has 0 radical (unpaired) electrons. The van der Waals surface area contributed by atoms with Gasteiger partial charge in [0.05, 0.1) is 12.9 Å². The van der Waals surface area contributed by atoms with E-state index in [4.69, 9.17) is 22.8 Å². The SMILES string of the molecule is CCO[Si](CCC/C=C/OCC1CO1)(OCC)OCC. The van der Waals surface area contributed by atoms with E-state index in [-0.39, 0.29) is 0 Å². The van der Waals surface area contributed by atoms with Crippen LogP contribution in [-0.4, -0.2) is 47.9 Å². The zero-order valence-electron chi connectivity index (χ0n) is 12.9. The van der Waals surface area contributed by atoms with Crippen molar-refractivity contribution in [3.63, 3.8) is 0 Å². The Bertz CT molecular complexity index is 251. The highest BCUT2D eigenvalue weighted by Gasteiger charge is 2.39. The molecule has 0 aromatic rings. The lowest BCUT2D eigenvalue weighted by atomic mass is 10.3. The number of ether oxygens (including phenoxy) is 2. The summed E-state index contributed by atoms with van der Waals surface area (Å²) in [5, 5.41) is 0. The van der Waals surface area contributed by atoms with Gasteiger partial charge >= 0.3 is 8.80 Å². The smallest absolute Gasteiger partial charge is 0.499 e. The molecular formula is C14H28O5Si. The van der Waals surface area contributed by atoms with Crippen LogP contribution in [0.5, 0.6) is 0 Å². The molecule has 0 bridgehead atoms. The molecule has 0 amide bonds. The molecule has 0 saturated carbocycles. The maximum Gasteiger partial charge on any atom is 0.500 e. The summed E-state index contributed by atoms with van der Waals surface area (Å²) in [6.45, 7) is 9.32. The Morgan fingerprint density at radius 2 is 1.70 bits per heavy atom. The molecule has 20 heavy (non-hydrogen) atoms. The van der Waals surface area contributed by atoms with E-state index in [2.05, 4.69) is 0 Å². The molecule has 0 spiro atoms. The summed E-state index contributed by atoms with van der Waals surface area (Å²) in [5.74, 6) is 0. The first-order valence-electron chi connectivity index (χ1n) is 7.56. The van der Waals surface area contributed by atoms with Gasteiger partial charge in [0.25, 0.3) is 0 Å². The normalized spacial score (nSPS) is 18.6. The van der Waals surface area contributed by atoms with Gasteiger partial charge in [-0.2, -0.15) is 0 Å². The summed E-state index contributed by atoms with van der Waals surface area (Å²) in [6.07, 6.45) is 6.02. The number of hydrogen-bond donors (Lipinski definition) is 0. The molecule has 0 aromatic carbocycles. The van der Waals surface area contributed by atoms with Gasteiger partial charge in [-0.1, -0.05) is 0 Å². The Labute approximate surface area is 123 Å². The fourth-order valence-electron chi connectivity index (χ4n) is 1.90. The second-order valence-corrected chi connectivity index (χ2v) is 7.27. The molecule has 0 N–H and O–H groups in total. The minimum Gasteiger partial charge on any atom is -0.499 e. The van der Waals surface area contributed by atoms with Crippen molar-refractivity contribution in [1.82, 2.24) is 0 Å². The van der Waals surface area contributed by atoms with Crippen molar-refractivity contribution in [1.29, 1.82) is 0 Å². The van der Waals surface area contributed by atoms with Gasteiger partial charge in [-0.25, -0.2) is 0 Å². The fraction of sp³-hybridized carbons (Fsp3) is 0.857. The zero-order valence-corrected chi connectivity index (χ0v) is 13.9. The molecule has 6 heteroatoms. The van der Waals surface area contributed by atoms with E-state index < -0.39 is 8.80 Å². The second-order valence-electron chi connectivity index (χ2n) is 4.53. The monoisotopic (exact) mass is 304 g/mol. The molecule has 1 unspecified atom stereocenters. The summed E-state index contributed by atoms with van der Waals surface area (Å²) in [4.78, 5) is 0. The van der Waals surface area contributed by atoms with E-state index >= 15 is 0 Å². The molecular weight excluding hydrogens is 276 g/mol. The minimum atomic E-state index is -2.47. The van der Waals surface area contributed by atoms with Gasteiger partial charge in [-0.3, -0.25) is 0 Å². The van der Waals surface area contributed by atoms with E-state index in [1.807, 2.05) is 26.8 Å². The first-order chi connectivity index (χ1) is 9.76. The summed E-state index contributed by atoms with van der Waals surface area (Å²) < 4.78 is 27.8. The van der Waals surface area contributed by atoms with Gasteiger partial charge < -0.3 is 22.8 Å². The molecule has 0 aromatic heterocycles. The van der Waals surface area contributed by atoms with Crippen molar-refractivity contribution in [3.05, 3.63) is 12.3 Å². The van der Waals surface area contributed by atoms with Crippen molar-refractivity contribution >= 4 is 8.80 Å². The van der Waals surface area contributed by atoms with Gasteiger partial charge in [0, 0.05) is 25.9 Å². The zero-order chi connectivity index (χ0) is 14.7. The molecule has 0 aliphatic carbocycles. The van der Waals surface area contributed by atoms with Crippen LogP contribution >= 0.6 is 0 Å². The number of rotatable bonds is 13. The quantitative estimate of drug-likeness (QED) is 0.227. The maximum absolute atomic E-state index is 5.80. The molecule has 5 nitrogen and oxygen atoms in total. The Morgan fingerprint density at radius 3 is 2.20 bits per heavy atom. The molecule has 118 valence electrons. The van der Waals surface area contributed by atoms with Crippen LogP contribution in [0.15, 0.2) is 12.3 Å². The number of allylic oxidation sites excluding steroid dienone is 1. The van der Waals surface area contributed by atoms with Crippen LogP contribution in [0.3, 0.4) is 0 Å². The third-order valence-electron chi connectivity index (χ3n) is 2.82. The summed E-state index contributed by atoms with van der Waals surface area (Å²) in [6, 6.07) is 0.846. The Balaban J connectivity index is 2.21. The molecule has 1 fully saturated rings. The highest BCUT2D eigenvalue weighted by molar-refractivity contribution is 6.60. The Kier molecular flexibility index (Phi) is 9.13. The molecule has 1 aliphatic rings. The van der Waals surface area contributed by atoms with Crippen LogP contribution in [-0.2, 0) is 22.8 Å². The summed E-state index contributed by atoms with van der Waals surface area (Å²) in [7, 11) is -2.47. The predicted molar refractivity (Wildman–Crippen MR) is 79.5 cm³/mol. The van der Waals surface area contributed by atoms with E-state index in [0.29, 0.717) is 32.5 Å². The maximum atomic E-state index is 5.80. The average Bonchev–Trinajstić information content (AvgIpc) is 3.23. The summed E-state index contributed by atoms with van der Waals surface area (Å²) in [5.41, 5.74) is 0. The standard InChI is InChI=1S/C14H28O5Si/c1-4-17-20(18-5-2,19-6-3)11-9-7-8-10-15-12-14-13-16-14/h8,10,14H,4-7,9,11-13H2,1-3H3/b10-8+. The van der Waals surface area contributed by atoms with Crippen molar-refractivity contribution in [3.8, 4) is 0 Å². The third kappa shape index (κ3) is 7.40. The molecule has 1 rings (SSSR count). The van der Waals surface area contributed by atoms with Gasteiger partial charge in [-0.15, -0.1) is 0 Å². The number of unbranched alkanes of at least 4 members (excludes halogenated alkanes) is 1. The summed E-state index contributed by atoms with van der Waals surface area (Å²) >= 11 is 0. The fourth-order valence-corrected chi connectivity index (χ4v) is 4.54. The highest BCUT2D eigenvalue weighted by atomic mass is 28.4. The van der Waals surface area contributed by atoms with E-state index in [0.717, 1.165) is 25.5 Å². The Hall–Kier alpha value is -0.403. The number of epoxide rings is 1. The minimum absolute atomic E-state index is 0.313. The van der Waals surface area contributed by atoms with Gasteiger partial charge in [0.1, 0.15) is 12.7 Å². The van der Waals surface area contributed by atoms with E-state index in [1.165, 1.54) is 0 Å².